The fraction of sp³-hybridized carbons (Fsp3) is 0.286. The summed E-state index contributed by atoms with van der Waals surface area (Å²) in [5.74, 6) is 6.19. The minimum atomic E-state index is -0.938. The number of fused-ring (bicyclic) bond motifs is 2. The Hall–Kier alpha value is -5.36. The first-order chi connectivity index (χ1) is 24.0. The van der Waals surface area contributed by atoms with Crippen LogP contribution in [-0.2, 0) is 20.3 Å². The monoisotopic (exact) mass is 674 g/mol. The molecule has 2 aliphatic heterocycles. The van der Waals surface area contributed by atoms with Crippen LogP contribution in [0.15, 0.2) is 84.9 Å². The summed E-state index contributed by atoms with van der Waals surface area (Å²) in [6.45, 7) is 7.07. The highest BCUT2D eigenvalue weighted by Crippen LogP contribution is 2.40. The van der Waals surface area contributed by atoms with Gasteiger partial charge in [0.05, 0.1) is 37.6 Å². The largest absolute Gasteiger partial charge is 0.493 e. The van der Waals surface area contributed by atoms with Gasteiger partial charge in [-0.1, -0.05) is 56.0 Å². The summed E-state index contributed by atoms with van der Waals surface area (Å²) in [7, 11) is 3.44. The van der Waals surface area contributed by atoms with Gasteiger partial charge in [0.1, 0.15) is 11.5 Å². The molecule has 4 aromatic carbocycles. The van der Waals surface area contributed by atoms with E-state index in [-0.39, 0.29) is 16.4 Å². The number of methoxy groups -OCH3 is 2. The van der Waals surface area contributed by atoms with Gasteiger partial charge in [0, 0.05) is 47.3 Å². The summed E-state index contributed by atoms with van der Waals surface area (Å²) in [5.41, 5.74) is 6.42. The van der Waals surface area contributed by atoms with Crippen LogP contribution in [0.25, 0.3) is 12.2 Å². The molecular weight excluding hydrogens is 632 g/mol. The number of carboxylic acid groups (broad SMARTS) is 2. The number of carbonyl (C=O) groups is 2. The second kappa shape index (κ2) is 15.9. The third-order valence-corrected chi connectivity index (χ3v) is 9.14. The van der Waals surface area contributed by atoms with Gasteiger partial charge in [-0.25, -0.2) is 9.59 Å². The Morgan fingerprint density at radius 2 is 1.10 bits per heavy atom. The molecule has 258 valence electrons. The lowest BCUT2D eigenvalue weighted by Crippen LogP contribution is -2.34. The molecule has 6 rings (SSSR count). The maximum Gasteiger partial charge on any atom is 0.335 e. The molecule has 0 saturated carbocycles. The zero-order valence-corrected chi connectivity index (χ0v) is 28.8. The summed E-state index contributed by atoms with van der Waals surface area (Å²) in [6.07, 6.45) is 5.83. The Morgan fingerprint density at radius 3 is 1.64 bits per heavy atom. The van der Waals surface area contributed by atoms with Gasteiger partial charge >= 0.3 is 11.9 Å². The fourth-order valence-corrected chi connectivity index (χ4v) is 6.20. The minimum absolute atomic E-state index is 0.0463. The quantitative estimate of drug-likeness (QED) is 0.144. The molecule has 8 heteroatoms. The van der Waals surface area contributed by atoms with Crippen LogP contribution < -0.4 is 9.47 Å². The number of hydrogen-bond acceptors (Lipinski definition) is 6. The number of carboxylic acids is 2. The van der Waals surface area contributed by atoms with Crippen molar-refractivity contribution < 1.29 is 38.7 Å². The summed E-state index contributed by atoms with van der Waals surface area (Å²) in [4.78, 5) is 21.8. The van der Waals surface area contributed by atoms with Crippen LogP contribution in [0, 0.1) is 11.8 Å². The van der Waals surface area contributed by atoms with Gasteiger partial charge in [0.25, 0.3) is 0 Å². The maximum absolute atomic E-state index is 10.9. The normalized spacial score (nSPS) is 19.0. The lowest BCUT2D eigenvalue weighted by molar-refractivity contribution is 0.0686. The van der Waals surface area contributed by atoms with Gasteiger partial charge in [0.2, 0.25) is 0 Å². The Kier molecular flexibility index (Phi) is 11.4. The van der Waals surface area contributed by atoms with Crippen molar-refractivity contribution in [2.45, 2.75) is 37.5 Å². The Bertz CT molecular complexity index is 1920. The van der Waals surface area contributed by atoms with Crippen molar-refractivity contribution in [2.24, 2.45) is 0 Å². The van der Waals surface area contributed by atoms with Crippen molar-refractivity contribution in [3.8, 4) is 23.3 Å². The predicted molar refractivity (Wildman–Crippen MR) is 193 cm³/mol. The fourth-order valence-electron chi connectivity index (χ4n) is 6.20. The summed E-state index contributed by atoms with van der Waals surface area (Å²) in [6, 6.07) is 25.5. The highest BCUT2D eigenvalue weighted by Gasteiger charge is 2.34. The highest BCUT2D eigenvalue weighted by molar-refractivity contribution is 5.88. The SMILES string of the molecule is COCC1(C)CCOc2ccc(/C=C/c3ccc(C(=O)O)cc3)cc21.COCC1(C)CCOc2ccc(C#Cc3ccc(C(=O)O)cc3)cc21. The molecule has 0 bridgehead atoms. The third kappa shape index (κ3) is 8.61. The average Bonchev–Trinajstić information content (AvgIpc) is 3.11. The zero-order valence-electron chi connectivity index (χ0n) is 28.8. The van der Waals surface area contributed by atoms with Crippen LogP contribution in [0.5, 0.6) is 11.5 Å². The Balaban J connectivity index is 0.000000194. The van der Waals surface area contributed by atoms with E-state index in [1.807, 2.05) is 36.4 Å². The molecule has 2 unspecified atom stereocenters. The first-order valence-electron chi connectivity index (χ1n) is 16.4. The van der Waals surface area contributed by atoms with Crippen LogP contribution in [0.2, 0.25) is 0 Å². The molecule has 0 aliphatic carbocycles. The van der Waals surface area contributed by atoms with Gasteiger partial charge in [-0.15, -0.1) is 0 Å². The van der Waals surface area contributed by atoms with Crippen molar-refractivity contribution in [3.05, 3.63) is 129 Å². The van der Waals surface area contributed by atoms with E-state index in [9.17, 15) is 9.59 Å². The minimum Gasteiger partial charge on any atom is -0.493 e. The zero-order chi connectivity index (χ0) is 35.7. The molecule has 8 nitrogen and oxygen atoms in total. The molecule has 2 aliphatic rings. The molecule has 0 amide bonds. The van der Waals surface area contributed by atoms with Crippen LogP contribution in [-0.4, -0.2) is 62.8 Å². The lowest BCUT2D eigenvalue weighted by Gasteiger charge is -2.35. The second-order valence-electron chi connectivity index (χ2n) is 13.0. The van der Waals surface area contributed by atoms with E-state index in [0.29, 0.717) is 32.0 Å². The van der Waals surface area contributed by atoms with E-state index in [1.54, 1.807) is 62.8 Å². The van der Waals surface area contributed by atoms with Crippen molar-refractivity contribution in [1.82, 2.24) is 0 Å². The van der Waals surface area contributed by atoms with Crippen molar-refractivity contribution in [2.75, 3.05) is 40.6 Å². The third-order valence-electron chi connectivity index (χ3n) is 9.14. The van der Waals surface area contributed by atoms with Gasteiger partial charge in [-0.05, 0) is 90.7 Å². The topological polar surface area (TPSA) is 112 Å². The van der Waals surface area contributed by atoms with E-state index in [2.05, 4.69) is 37.8 Å². The van der Waals surface area contributed by atoms with Crippen LogP contribution in [0.1, 0.15) is 80.8 Å². The number of hydrogen-bond donors (Lipinski definition) is 2. The number of ether oxygens (including phenoxy) is 4. The molecule has 0 saturated heterocycles. The lowest BCUT2D eigenvalue weighted by atomic mass is 9.78. The van der Waals surface area contributed by atoms with Crippen LogP contribution in [0.3, 0.4) is 0 Å². The van der Waals surface area contributed by atoms with Crippen molar-refractivity contribution in [3.63, 3.8) is 0 Å². The van der Waals surface area contributed by atoms with E-state index in [1.165, 1.54) is 5.56 Å². The van der Waals surface area contributed by atoms with E-state index < -0.39 is 11.9 Å². The van der Waals surface area contributed by atoms with Gasteiger partial charge in [-0.2, -0.15) is 0 Å². The van der Waals surface area contributed by atoms with E-state index in [4.69, 9.17) is 29.2 Å². The Morgan fingerprint density at radius 1 is 0.660 bits per heavy atom. The number of aromatic carboxylic acids is 2. The summed E-state index contributed by atoms with van der Waals surface area (Å²) >= 11 is 0. The van der Waals surface area contributed by atoms with Crippen molar-refractivity contribution in [1.29, 1.82) is 0 Å². The first kappa shape index (κ1) is 35.9. The summed E-state index contributed by atoms with van der Waals surface area (Å²) in [5, 5.41) is 17.9. The van der Waals surface area contributed by atoms with E-state index in [0.717, 1.165) is 52.2 Å². The predicted octanol–water partition coefficient (Wildman–Crippen LogP) is 7.71. The van der Waals surface area contributed by atoms with Gasteiger partial charge in [0.15, 0.2) is 0 Å². The second-order valence-corrected chi connectivity index (χ2v) is 13.0. The number of rotatable bonds is 8. The molecule has 2 heterocycles. The molecular formula is C42H42O8. The molecule has 2 N–H and O–H groups in total. The maximum atomic E-state index is 10.9. The highest BCUT2D eigenvalue weighted by atomic mass is 16.5. The van der Waals surface area contributed by atoms with Crippen LogP contribution in [0.4, 0.5) is 0 Å². The van der Waals surface area contributed by atoms with Gasteiger partial charge in [-0.3, -0.25) is 0 Å². The van der Waals surface area contributed by atoms with Gasteiger partial charge < -0.3 is 29.2 Å². The standard InChI is InChI=1S/C21H22O4.C21H20O4/c2*1-21(14-24-2)11-12-25-19-10-7-16(13-18(19)21)4-3-15-5-8-17(9-6-15)20(22)23/h3-10,13H,11-12,14H2,1-2H3,(H,22,23);5-10,13H,11-12,14H2,1-2H3,(H,22,23)/b4-3+;. The Labute approximate surface area is 293 Å². The average molecular weight is 675 g/mol. The molecule has 2 atom stereocenters. The molecule has 0 radical (unpaired) electrons. The molecule has 0 spiro atoms. The molecule has 0 aromatic heterocycles. The van der Waals surface area contributed by atoms with E-state index >= 15 is 0 Å². The van der Waals surface area contributed by atoms with Crippen molar-refractivity contribution >= 4 is 24.1 Å². The molecule has 50 heavy (non-hydrogen) atoms. The molecule has 4 aromatic rings. The van der Waals surface area contributed by atoms with Crippen LogP contribution >= 0.6 is 0 Å². The first-order valence-corrected chi connectivity index (χ1v) is 16.4. The number of benzene rings is 4. The molecule has 0 fully saturated rings. The smallest absolute Gasteiger partial charge is 0.335 e. The summed E-state index contributed by atoms with van der Waals surface area (Å²) < 4.78 is 22.4.